The average Bonchev–Trinajstić information content (AvgIpc) is 3.03. The van der Waals surface area contributed by atoms with Crippen molar-refractivity contribution < 1.29 is 9.26 Å². The van der Waals surface area contributed by atoms with Crippen LogP contribution in [0.4, 0.5) is 5.69 Å². The quantitative estimate of drug-likeness (QED) is 0.578. The third-order valence-electron chi connectivity index (χ3n) is 3.81. The highest BCUT2D eigenvalue weighted by Gasteiger charge is 2.12. The third-order valence-corrected chi connectivity index (χ3v) is 4.11. The lowest BCUT2D eigenvalue weighted by Gasteiger charge is -2.08. The van der Waals surface area contributed by atoms with Gasteiger partial charge < -0.3 is 20.3 Å². The highest BCUT2D eigenvalue weighted by atomic mass is 35.5. The summed E-state index contributed by atoms with van der Waals surface area (Å²) in [5.41, 5.74) is 7.60. The van der Waals surface area contributed by atoms with Crippen LogP contribution >= 0.6 is 11.6 Å². The molecule has 6 nitrogen and oxygen atoms in total. The van der Waals surface area contributed by atoms with Crippen molar-refractivity contribution in [2.45, 2.75) is 39.2 Å². The van der Waals surface area contributed by atoms with E-state index in [0.29, 0.717) is 29.0 Å². The topological polar surface area (TPSA) is 85.7 Å². The van der Waals surface area contributed by atoms with Crippen LogP contribution < -0.4 is 15.8 Å². The number of aliphatic imine (C=N–C) groups is 1. The lowest BCUT2D eigenvalue weighted by atomic mass is 9.99. The summed E-state index contributed by atoms with van der Waals surface area (Å²) in [7, 11) is 1.57. The number of hydrogen-bond acceptors (Lipinski definition) is 4. The molecule has 2 aromatic rings. The molecule has 1 aromatic carbocycles. The molecule has 0 saturated heterocycles. The van der Waals surface area contributed by atoms with E-state index in [1.54, 1.807) is 19.2 Å². The minimum absolute atomic E-state index is 0.275. The normalized spacial score (nSPS) is 11.8. The fourth-order valence-corrected chi connectivity index (χ4v) is 2.66. The Morgan fingerprint density at radius 1 is 1.38 bits per heavy atom. The maximum Gasteiger partial charge on any atom is 0.193 e. The van der Waals surface area contributed by atoms with Crippen LogP contribution in [0.15, 0.2) is 33.8 Å². The summed E-state index contributed by atoms with van der Waals surface area (Å²) in [5, 5.41) is 7.60. The summed E-state index contributed by atoms with van der Waals surface area (Å²) in [6.07, 6.45) is 2.07. The van der Waals surface area contributed by atoms with Crippen LogP contribution in [0.25, 0.3) is 0 Å². The van der Waals surface area contributed by atoms with Gasteiger partial charge in [0.15, 0.2) is 11.7 Å². The summed E-state index contributed by atoms with van der Waals surface area (Å²) in [4.78, 5) is 4.26. The Kier molecular flexibility index (Phi) is 6.49. The Morgan fingerprint density at radius 2 is 2.12 bits per heavy atom. The maximum absolute atomic E-state index is 6.08. The molecule has 0 aliphatic carbocycles. The number of nitrogens with two attached hydrogens (primary N) is 1. The largest absolute Gasteiger partial charge is 0.495 e. The van der Waals surface area contributed by atoms with Crippen LogP contribution in [0.5, 0.6) is 5.75 Å². The molecular weight excluding hydrogens is 328 g/mol. The van der Waals surface area contributed by atoms with Crippen molar-refractivity contribution in [1.82, 2.24) is 5.16 Å². The Hall–Kier alpha value is -2.21. The molecule has 0 aliphatic heterocycles. The van der Waals surface area contributed by atoms with Crippen molar-refractivity contribution in [3.63, 3.8) is 0 Å². The van der Waals surface area contributed by atoms with E-state index in [-0.39, 0.29) is 5.96 Å². The summed E-state index contributed by atoms with van der Waals surface area (Å²) in [5.74, 6) is 1.99. The molecule has 1 heterocycles. The van der Waals surface area contributed by atoms with Crippen LogP contribution in [-0.2, 0) is 6.54 Å². The SMILES string of the molecule is CCC(CC)c1cc(CN=C(N)Nc2ccc(OC)c(Cl)c2)on1. The second kappa shape index (κ2) is 8.59. The average molecular weight is 351 g/mol. The monoisotopic (exact) mass is 350 g/mol. The Balaban J connectivity index is 1.98. The zero-order valence-corrected chi connectivity index (χ0v) is 14.9. The number of hydrogen-bond donors (Lipinski definition) is 2. The molecule has 0 spiro atoms. The van der Waals surface area contributed by atoms with Gasteiger partial charge in [-0.25, -0.2) is 4.99 Å². The Labute approximate surface area is 147 Å². The number of anilines is 1. The van der Waals surface area contributed by atoms with Gasteiger partial charge in [0.1, 0.15) is 12.3 Å². The molecule has 0 saturated carbocycles. The number of halogens is 1. The van der Waals surface area contributed by atoms with Gasteiger partial charge in [0.05, 0.1) is 17.8 Å². The predicted octanol–water partition coefficient (Wildman–Crippen LogP) is 4.17. The highest BCUT2D eigenvalue weighted by Crippen LogP contribution is 2.27. The van der Waals surface area contributed by atoms with Crippen LogP contribution in [0.1, 0.15) is 44.1 Å². The molecular formula is C17H23ClN4O2. The first kappa shape index (κ1) is 18.1. The zero-order chi connectivity index (χ0) is 17.5. The van der Waals surface area contributed by atoms with Gasteiger partial charge >= 0.3 is 0 Å². The molecule has 2 rings (SSSR count). The molecule has 1 aromatic heterocycles. The van der Waals surface area contributed by atoms with Crippen molar-refractivity contribution >= 4 is 23.2 Å². The second-order valence-corrected chi connectivity index (χ2v) is 5.81. The molecule has 130 valence electrons. The molecule has 24 heavy (non-hydrogen) atoms. The number of benzene rings is 1. The summed E-state index contributed by atoms with van der Waals surface area (Å²) < 4.78 is 10.4. The third kappa shape index (κ3) is 4.64. The van der Waals surface area contributed by atoms with E-state index < -0.39 is 0 Å². The number of ether oxygens (including phenoxy) is 1. The van der Waals surface area contributed by atoms with Gasteiger partial charge in [0, 0.05) is 17.7 Å². The molecule has 0 unspecified atom stereocenters. The fraction of sp³-hybridized carbons (Fsp3) is 0.412. The van der Waals surface area contributed by atoms with Gasteiger partial charge in [-0.2, -0.15) is 0 Å². The lowest BCUT2D eigenvalue weighted by molar-refractivity contribution is 0.372. The van der Waals surface area contributed by atoms with E-state index >= 15 is 0 Å². The van der Waals surface area contributed by atoms with Crippen LogP contribution in [-0.4, -0.2) is 18.2 Å². The first-order valence-electron chi connectivity index (χ1n) is 7.93. The second-order valence-electron chi connectivity index (χ2n) is 5.41. The van der Waals surface area contributed by atoms with E-state index in [4.69, 9.17) is 26.6 Å². The van der Waals surface area contributed by atoms with Gasteiger partial charge in [0.2, 0.25) is 0 Å². The van der Waals surface area contributed by atoms with Gasteiger partial charge in [-0.05, 0) is 31.0 Å². The maximum atomic E-state index is 6.08. The van der Waals surface area contributed by atoms with Crippen LogP contribution in [0.3, 0.4) is 0 Å². The van der Waals surface area contributed by atoms with E-state index in [9.17, 15) is 0 Å². The number of nitrogens with one attached hydrogen (secondary N) is 1. The zero-order valence-electron chi connectivity index (χ0n) is 14.2. The van der Waals surface area contributed by atoms with Gasteiger partial charge in [-0.15, -0.1) is 0 Å². The molecule has 0 atom stereocenters. The minimum atomic E-state index is 0.275. The van der Waals surface area contributed by atoms with E-state index in [0.717, 1.165) is 24.2 Å². The van der Waals surface area contributed by atoms with Crippen molar-refractivity contribution in [2.75, 3.05) is 12.4 Å². The molecule has 0 bridgehead atoms. The highest BCUT2D eigenvalue weighted by molar-refractivity contribution is 6.32. The summed E-state index contributed by atoms with van der Waals surface area (Å²) in [6, 6.07) is 7.24. The van der Waals surface area contributed by atoms with Crippen molar-refractivity contribution in [3.05, 3.63) is 40.7 Å². The molecule has 0 aliphatic rings. The number of aromatic nitrogens is 1. The summed E-state index contributed by atoms with van der Waals surface area (Å²) in [6.45, 7) is 4.61. The first-order chi connectivity index (χ1) is 11.6. The Bertz CT molecular complexity index is 696. The van der Waals surface area contributed by atoms with Gasteiger partial charge in [-0.1, -0.05) is 30.6 Å². The molecule has 3 N–H and O–H groups in total. The van der Waals surface area contributed by atoms with Crippen LogP contribution in [0, 0.1) is 0 Å². The standard InChI is InChI=1S/C17H23ClN4O2/c1-4-11(5-2)15-9-13(24-22-15)10-20-17(19)21-12-6-7-16(23-3)14(18)8-12/h6-9,11H,4-5,10H2,1-3H3,(H3,19,20,21). The van der Waals surface area contributed by atoms with Gasteiger partial charge in [0.25, 0.3) is 0 Å². The molecule has 0 radical (unpaired) electrons. The van der Waals surface area contributed by atoms with E-state index in [1.165, 1.54) is 0 Å². The number of guanidine groups is 1. The number of nitrogens with zero attached hydrogens (tertiary/aromatic N) is 2. The Morgan fingerprint density at radius 3 is 2.75 bits per heavy atom. The van der Waals surface area contributed by atoms with Crippen molar-refractivity contribution in [2.24, 2.45) is 10.7 Å². The van der Waals surface area contributed by atoms with Crippen molar-refractivity contribution in [3.8, 4) is 5.75 Å². The van der Waals surface area contributed by atoms with Gasteiger partial charge in [-0.3, -0.25) is 0 Å². The first-order valence-corrected chi connectivity index (χ1v) is 8.31. The number of rotatable bonds is 7. The predicted molar refractivity (Wildman–Crippen MR) is 96.8 cm³/mol. The molecule has 0 fully saturated rings. The lowest BCUT2D eigenvalue weighted by Crippen LogP contribution is -2.22. The van der Waals surface area contributed by atoms with Crippen LogP contribution in [0.2, 0.25) is 5.02 Å². The van der Waals surface area contributed by atoms with E-state index in [1.807, 2.05) is 12.1 Å². The fourth-order valence-electron chi connectivity index (χ4n) is 2.40. The molecule has 7 heteroatoms. The smallest absolute Gasteiger partial charge is 0.193 e. The molecule has 0 amide bonds. The minimum Gasteiger partial charge on any atom is -0.495 e. The summed E-state index contributed by atoms with van der Waals surface area (Å²) >= 11 is 6.08. The van der Waals surface area contributed by atoms with E-state index in [2.05, 4.69) is 29.3 Å². The number of methoxy groups -OCH3 is 1. The van der Waals surface area contributed by atoms with Crippen molar-refractivity contribution in [1.29, 1.82) is 0 Å².